The average molecular weight is 731 g/mol. The molecule has 9 nitrogen and oxygen atoms in total. The third-order valence-corrected chi connectivity index (χ3v) is 10.9. The molecule has 7 rings (SSSR count). The van der Waals surface area contributed by atoms with Crippen molar-refractivity contribution in [3.05, 3.63) is 89.4 Å². The molecule has 1 aromatic heterocycles. The molecule has 3 aliphatic heterocycles. The number of hydrogen-bond acceptors (Lipinski definition) is 6. The number of benzene rings is 3. The molecule has 0 aliphatic carbocycles. The Hall–Kier alpha value is -5.09. The second kappa shape index (κ2) is 15.5. The molecule has 3 fully saturated rings. The molecule has 0 atom stereocenters. The fourth-order valence-corrected chi connectivity index (χ4v) is 7.94. The zero-order valence-corrected chi connectivity index (χ0v) is 29.4. The van der Waals surface area contributed by atoms with Gasteiger partial charge in [-0.25, -0.2) is 9.18 Å². The van der Waals surface area contributed by atoms with E-state index in [2.05, 4.69) is 33.1 Å². The zero-order valence-electron chi connectivity index (χ0n) is 29.4. The highest BCUT2D eigenvalue weighted by Gasteiger charge is 2.35. The van der Waals surface area contributed by atoms with Crippen LogP contribution in [0.1, 0.15) is 73.6 Å². The number of imide groups is 1. The summed E-state index contributed by atoms with van der Waals surface area (Å²) in [6.07, 6.45) is 2.91. The number of nitrogens with one attached hydrogen (secondary N) is 1. The first-order valence-corrected chi connectivity index (χ1v) is 18.3. The summed E-state index contributed by atoms with van der Waals surface area (Å²) in [6.45, 7) is 4.81. The number of rotatable bonds is 10. The normalized spacial score (nSPS) is 18.0. The first-order chi connectivity index (χ1) is 25.6. The predicted octanol–water partition coefficient (Wildman–Crippen LogP) is 8.00. The van der Waals surface area contributed by atoms with Gasteiger partial charge in [0.05, 0.1) is 23.8 Å². The lowest BCUT2D eigenvalue weighted by Gasteiger charge is -2.34. The molecule has 3 amide bonds. The number of ether oxygens (including phenoxy) is 1. The fourth-order valence-electron chi connectivity index (χ4n) is 7.94. The van der Waals surface area contributed by atoms with Crippen molar-refractivity contribution < 1.29 is 31.9 Å². The minimum atomic E-state index is -4.61. The zero-order chi connectivity index (χ0) is 37.1. The number of carbonyl (C=O) groups is 2. The number of unbranched alkanes of at least 4 members (excludes halogenated alkanes) is 1. The molecule has 4 aromatic rings. The van der Waals surface area contributed by atoms with Crippen LogP contribution in [0.25, 0.3) is 10.9 Å². The summed E-state index contributed by atoms with van der Waals surface area (Å²) in [5.74, 6) is -0.129. The summed E-state index contributed by atoms with van der Waals surface area (Å²) in [7, 11) is 0. The largest absolute Gasteiger partial charge is 0.493 e. The smallest absolute Gasteiger partial charge is 0.417 e. The first kappa shape index (κ1) is 36.3. The minimum Gasteiger partial charge on any atom is -0.493 e. The number of fused-ring (bicyclic) bond motifs is 1. The third-order valence-electron chi connectivity index (χ3n) is 10.9. The Labute approximate surface area is 305 Å². The summed E-state index contributed by atoms with van der Waals surface area (Å²) in [6, 6.07) is 18.5. The van der Waals surface area contributed by atoms with Crippen LogP contribution in [0.5, 0.6) is 5.75 Å². The maximum atomic E-state index is 15.2. The van der Waals surface area contributed by atoms with Gasteiger partial charge < -0.3 is 19.1 Å². The quantitative estimate of drug-likeness (QED) is 0.131. The van der Waals surface area contributed by atoms with Gasteiger partial charge in [-0.1, -0.05) is 6.07 Å². The van der Waals surface area contributed by atoms with Crippen LogP contribution in [0.15, 0.2) is 66.9 Å². The number of urea groups is 1. The van der Waals surface area contributed by atoms with Crippen molar-refractivity contribution in [3.8, 4) is 11.8 Å². The van der Waals surface area contributed by atoms with Crippen LogP contribution in [0, 0.1) is 17.1 Å². The Kier molecular flexibility index (Phi) is 10.6. The fraction of sp³-hybridized carbons (Fsp3) is 0.425. The maximum absolute atomic E-state index is 15.2. The van der Waals surface area contributed by atoms with Gasteiger partial charge in [-0.15, -0.1) is 0 Å². The second-order valence-corrected chi connectivity index (χ2v) is 14.1. The van der Waals surface area contributed by atoms with Crippen molar-refractivity contribution in [2.75, 3.05) is 55.7 Å². The number of halogens is 4. The summed E-state index contributed by atoms with van der Waals surface area (Å²) >= 11 is 0. The molecular formula is C40H42F4N6O3. The molecule has 13 heteroatoms. The highest BCUT2D eigenvalue weighted by atomic mass is 19.4. The topological polar surface area (TPSA) is 93.8 Å². The van der Waals surface area contributed by atoms with Crippen LogP contribution in [-0.2, 0) is 11.0 Å². The van der Waals surface area contributed by atoms with E-state index < -0.39 is 17.3 Å². The average Bonchev–Trinajstić information content (AvgIpc) is 3.58. The van der Waals surface area contributed by atoms with Gasteiger partial charge in [-0.05, 0) is 105 Å². The van der Waals surface area contributed by atoms with E-state index in [0.717, 1.165) is 68.0 Å². The van der Waals surface area contributed by atoms with E-state index in [9.17, 15) is 22.8 Å². The number of carbonyl (C=O) groups excluding carboxylic acids is 2. The molecular weight excluding hydrogens is 688 g/mol. The van der Waals surface area contributed by atoms with Gasteiger partial charge in [0.15, 0.2) is 0 Å². The van der Waals surface area contributed by atoms with Gasteiger partial charge in [-0.2, -0.15) is 18.4 Å². The molecule has 3 saturated heterocycles. The lowest BCUT2D eigenvalue weighted by molar-refractivity contribution is -0.137. The number of alkyl halides is 3. The van der Waals surface area contributed by atoms with Crippen LogP contribution in [0.2, 0.25) is 0 Å². The van der Waals surface area contributed by atoms with Crippen molar-refractivity contribution >= 4 is 34.2 Å². The Morgan fingerprint density at radius 3 is 2.36 bits per heavy atom. The van der Waals surface area contributed by atoms with Gasteiger partial charge in [0.1, 0.15) is 11.6 Å². The van der Waals surface area contributed by atoms with E-state index in [1.807, 2.05) is 17.0 Å². The van der Waals surface area contributed by atoms with E-state index in [0.29, 0.717) is 68.5 Å². The number of piperidine rings is 2. The lowest BCUT2D eigenvalue weighted by Crippen LogP contribution is -2.49. The number of nitriles is 1. The monoisotopic (exact) mass is 730 g/mol. The van der Waals surface area contributed by atoms with E-state index in [1.165, 1.54) is 12.1 Å². The van der Waals surface area contributed by atoms with E-state index in [4.69, 9.17) is 10.00 Å². The molecule has 3 aliphatic rings. The Balaban J connectivity index is 0.825. The van der Waals surface area contributed by atoms with Crippen LogP contribution in [0.3, 0.4) is 0 Å². The van der Waals surface area contributed by atoms with Gasteiger partial charge >= 0.3 is 12.2 Å². The van der Waals surface area contributed by atoms with Crippen LogP contribution < -0.4 is 19.9 Å². The standard InChI is InChI=1S/C40H42F4N6O3/c41-36-25-33(6-7-34(36)27-9-18-48(19-10-27)31-4-3-29(26-45)35(24-31)40(42,43)44)53-22-2-1-15-47-16-12-30(13-17-47)49-20-11-28-23-32(5-8-37(28)49)50-21-14-38(51)46-39(50)52/h3-8,11,20,23-25,27,30H,1-2,9-10,12-19,21-22H2,(H,46,51,52). The number of aromatic nitrogens is 1. The minimum absolute atomic E-state index is 0.0443. The molecule has 0 spiro atoms. The van der Waals surface area contributed by atoms with E-state index in [1.54, 1.807) is 29.2 Å². The van der Waals surface area contributed by atoms with Crippen molar-refractivity contribution in [2.24, 2.45) is 0 Å². The highest BCUT2D eigenvalue weighted by molar-refractivity contribution is 6.06. The molecule has 0 unspecified atom stereocenters. The summed E-state index contributed by atoms with van der Waals surface area (Å²) in [5.41, 5.74) is 1.60. The number of hydrogen-bond donors (Lipinski definition) is 1. The first-order valence-electron chi connectivity index (χ1n) is 18.3. The van der Waals surface area contributed by atoms with E-state index >= 15 is 4.39 Å². The van der Waals surface area contributed by atoms with Crippen molar-refractivity contribution in [1.29, 1.82) is 5.26 Å². The van der Waals surface area contributed by atoms with Crippen molar-refractivity contribution in [2.45, 2.75) is 63.1 Å². The molecule has 3 aromatic carbocycles. The van der Waals surface area contributed by atoms with Crippen molar-refractivity contribution in [3.63, 3.8) is 0 Å². The van der Waals surface area contributed by atoms with Gasteiger partial charge in [0, 0.05) is 79.7 Å². The SMILES string of the molecule is N#Cc1ccc(N2CCC(c3ccc(OCCCCN4CCC(n5ccc6cc(N7CCC(=O)NC7=O)ccc65)CC4)cc3F)CC2)cc1C(F)(F)F. The predicted molar refractivity (Wildman–Crippen MR) is 194 cm³/mol. The Bertz CT molecular complexity index is 2010. The van der Waals surface area contributed by atoms with Crippen molar-refractivity contribution in [1.82, 2.24) is 14.8 Å². The molecule has 0 saturated carbocycles. The third kappa shape index (κ3) is 8.13. The molecule has 1 N–H and O–H groups in total. The molecule has 0 bridgehead atoms. The molecule has 53 heavy (non-hydrogen) atoms. The van der Waals surface area contributed by atoms with Gasteiger partial charge in [0.2, 0.25) is 5.91 Å². The van der Waals surface area contributed by atoms with Gasteiger partial charge in [0.25, 0.3) is 0 Å². The number of anilines is 2. The van der Waals surface area contributed by atoms with Crippen LogP contribution in [-0.4, -0.2) is 67.3 Å². The molecule has 278 valence electrons. The summed E-state index contributed by atoms with van der Waals surface area (Å²) in [5, 5.41) is 12.5. The molecule has 0 radical (unpaired) electrons. The lowest BCUT2D eigenvalue weighted by atomic mass is 9.88. The van der Waals surface area contributed by atoms with E-state index in [-0.39, 0.29) is 23.7 Å². The molecule has 4 heterocycles. The Morgan fingerprint density at radius 2 is 1.64 bits per heavy atom. The number of nitrogens with zero attached hydrogens (tertiary/aromatic N) is 5. The highest BCUT2D eigenvalue weighted by Crippen LogP contribution is 2.37. The number of likely N-dealkylation sites (tertiary alicyclic amines) is 1. The van der Waals surface area contributed by atoms with Gasteiger partial charge in [-0.3, -0.25) is 15.0 Å². The van der Waals surface area contributed by atoms with Crippen LogP contribution in [0.4, 0.5) is 33.7 Å². The summed E-state index contributed by atoms with van der Waals surface area (Å²) < 4.78 is 63.8. The number of amides is 3. The maximum Gasteiger partial charge on any atom is 0.417 e. The second-order valence-electron chi connectivity index (χ2n) is 14.1. The van der Waals surface area contributed by atoms with Crippen LogP contribution >= 0.6 is 0 Å². The Morgan fingerprint density at radius 1 is 0.868 bits per heavy atom. The summed E-state index contributed by atoms with van der Waals surface area (Å²) in [4.78, 5) is 29.8.